The zero-order valence-corrected chi connectivity index (χ0v) is 11.3. The standard InChI is InChI=1S/C16H16O4/c1-11(17)20-16(2,12-3-7-14(18)8-4-12)13-5-9-15(19)10-6-13/h3-10,18-19H,1-2H3. The first-order chi connectivity index (χ1) is 9.41. The molecule has 2 N–H and O–H groups in total. The fraction of sp³-hybridized carbons (Fsp3) is 0.188. The summed E-state index contributed by atoms with van der Waals surface area (Å²) >= 11 is 0. The number of phenolic OH excluding ortho intramolecular Hbond substituents is 2. The lowest BCUT2D eigenvalue weighted by atomic mass is 9.87. The third kappa shape index (κ3) is 2.74. The van der Waals surface area contributed by atoms with E-state index in [9.17, 15) is 15.0 Å². The van der Waals surface area contributed by atoms with Crippen molar-refractivity contribution >= 4 is 5.97 Å². The SMILES string of the molecule is CC(=O)OC(C)(c1ccc(O)cc1)c1ccc(O)cc1. The number of hydrogen-bond donors (Lipinski definition) is 2. The minimum absolute atomic E-state index is 0.143. The van der Waals surface area contributed by atoms with Gasteiger partial charge in [-0.2, -0.15) is 0 Å². The Morgan fingerprint density at radius 3 is 1.55 bits per heavy atom. The molecule has 104 valence electrons. The second-order valence-electron chi connectivity index (χ2n) is 4.72. The minimum Gasteiger partial charge on any atom is -0.508 e. The Morgan fingerprint density at radius 1 is 0.900 bits per heavy atom. The molecule has 0 saturated heterocycles. The number of hydrogen-bond acceptors (Lipinski definition) is 4. The molecule has 0 bridgehead atoms. The Hall–Kier alpha value is -2.49. The van der Waals surface area contributed by atoms with E-state index in [1.165, 1.54) is 31.2 Å². The lowest BCUT2D eigenvalue weighted by Crippen LogP contribution is -2.29. The van der Waals surface area contributed by atoms with Gasteiger partial charge in [-0.15, -0.1) is 0 Å². The van der Waals surface area contributed by atoms with Crippen LogP contribution >= 0.6 is 0 Å². The highest BCUT2D eigenvalue weighted by Gasteiger charge is 2.32. The predicted molar refractivity (Wildman–Crippen MR) is 74.4 cm³/mol. The number of carbonyl (C=O) groups excluding carboxylic acids is 1. The maximum Gasteiger partial charge on any atom is 0.303 e. The minimum atomic E-state index is -0.979. The van der Waals surface area contributed by atoms with Crippen LogP contribution in [0.3, 0.4) is 0 Å². The Bertz CT molecular complexity index is 554. The molecular formula is C16H16O4. The van der Waals surface area contributed by atoms with Gasteiger partial charge in [-0.1, -0.05) is 24.3 Å². The van der Waals surface area contributed by atoms with Crippen LogP contribution in [0.5, 0.6) is 11.5 Å². The van der Waals surface area contributed by atoms with Crippen LogP contribution in [-0.2, 0) is 15.1 Å². The zero-order chi connectivity index (χ0) is 14.8. The largest absolute Gasteiger partial charge is 0.508 e. The van der Waals surface area contributed by atoms with Crippen molar-refractivity contribution in [2.24, 2.45) is 0 Å². The van der Waals surface area contributed by atoms with Crippen LogP contribution in [0.1, 0.15) is 25.0 Å². The summed E-state index contributed by atoms with van der Waals surface area (Å²) in [6.45, 7) is 3.12. The normalized spacial score (nSPS) is 11.1. The maximum absolute atomic E-state index is 11.4. The van der Waals surface area contributed by atoms with Crippen LogP contribution in [0.25, 0.3) is 0 Å². The summed E-state index contributed by atoms with van der Waals surface area (Å²) in [5, 5.41) is 18.7. The Balaban J connectivity index is 2.52. The zero-order valence-electron chi connectivity index (χ0n) is 11.3. The number of rotatable bonds is 3. The molecule has 2 rings (SSSR count). The van der Waals surface area contributed by atoms with Gasteiger partial charge >= 0.3 is 5.97 Å². The molecule has 4 nitrogen and oxygen atoms in total. The van der Waals surface area contributed by atoms with E-state index in [-0.39, 0.29) is 11.5 Å². The molecule has 0 radical (unpaired) electrons. The van der Waals surface area contributed by atoms with Crippen LogP contribution in [-0.4, -0.2) is 16.2 Å². The average molecular weight is 272 g/mol. The number of phenols is 2. The van der Waals surface area contributed by atoms with Gasteiger partial charge in [0, 0.05) is 18.1 Å². The van der Waals surface area contributed by atoms with E-state index >= 15 is 0 Å². The maximum atomic E-state index is 11.4. The molecule has 0 unspecified atom stereocenters. The monoisotopic (exact) mass is 272 g/mol. The summed E-state index contributed by atoms with van der Waals surface area (Å²) in [5.41, 5.74) is 0.486. The van der Waals surface area contributed by atoms with Crippen molar-refractivity contribution in [3.63, 3.8) is 0 Å². The smallest absolute Gasteiger partial charge is 0.303 e. The van der Waals surface area contributed by atoms with Crippen LogP contribution in [0.15, 0.2) is 48.5 Å². The van der Waals surface area contributed by atoms with Crippen LogP contribution in [0.2, 0.25) is 0 Å². The van der Waals surface area contributed by atoms with Crippen molar-refractivity contribution < 1.29 is 19.7 Å². The molecule has 4 heteroatoms. The van der Waals surface area contributed by atoms with Crippen molar-refractivity contribution in [1.82, 2.24) is 0 Å². The summed E-state index contributed by atoms with van der Waals surface area (Å²) in [7, 11) is 0. The second-order valence-corrected chi connectivity index (χ2v) is 4.72. The third-order valence-corrected chi connectivity index (χ3v) is 3.18. The quantitative estimate of drug-likeness (QED) is 0.843. The third-order valence-electron chi connectivity index (χ3n) is 3.18. The van der Waals surface area contributed by atoms with E-state index in [4.69, 9.17) is 4.74 Å². The summed E-state index contributed by atoms with van der Waals surface area (Å²) in [6.07, 6.45) is 0. The molecule has 0 aliphatic rings. The molecule has 0 heterocycles. The van der Waals surface area contributed by atoms with E-state index in [2.05, 4.69) is 0 Å². The van der Waals surface area contributed by atoms with Crippen molar-refractivity contribution in [1.29, 1.82) is 0 Å². The molecule has 0 aliphatic carbocycles. The molecule has 0 aliphatic heterocycles. The summed E-state index contributed by atoms with van der Waals surface area (Å²) in [4.78, 5) is 11.4. The van der Waals surface area contributed by atoms with Crippen molar-refractivity contribution in [2.75, 3.05) is 0 Å². The van der Waals surface area contributed by atoms with Crippen LogP contribution in [0.4, 0.5) is 0 Å². The van der Waals surface area contributed by atoms with Gasteiger partial charge < -0.3 is 14.9 Å². The Kier molecular flexibility index (Phi) is 3.66. The number of carbonyl (C=O) groups is 1. The van der Waals surface area contributed by atoms with E-state index in [0.717, 1.165) is 11.1 Å². The van der Waals surface area contributed by atoms with Gasteiger partial charge in [0.1, 0.15) is 11.5 Å². The molecule has 2 aromatic carbocycles. The van der Waals surface area contributed by atoms with E-state index < -0.39 is 11.6 Å². The van der Waals surface area contributed by atoms with Gasteiger partial charge in [-0.25, -0.2) is 0 Å². The molecule has 2 aromatic rings. The molecule has 20 heavy (non-hydrogen) atoms. The lowest BCUT2D eigenvalue weighted by Gasteiger charge is -2.30. The van der Waals surface area contributed by atoms with Gasteiger partial charge in [0.05, 0.1) is 0 Å². The molecule has 0 saturated carbocycles. The predicted octanol–water partition coefficient (Wildman–Crippen LogP) is 2.92. The average Bonchev–Trinajstić information content (AvgIpc) is 2.39. The summed E-state index contributed by atoms with van der Waals surface area (Å²) in [6, 6.07) is 13.0. The van der Waals surface area contributed by atoms with Gasteiger partial charge in [-0.05, 0) is 31.2 Å². The fourth-order valence-corrected chi connectivity index (χ4v) is 2.13. The number of ether oxygens (including phenoxy) is 1. The highest BCUT2D eigenvalue weighted by Crippen LogP contribution is 2.35. The number of aromatic hydroxyl groups is 2. The molecule has 0 aromatic heterocycles. The number of benzene rings is 2. The van der Waals surface area contributed by atoms with Crippen molar-refractivity contribution in [2.45, 2.75) is 19.4 Å². The Morgan fingerprint density at radius 2 is 1.25 bits per heavy atom. The highest BCUT2D eigenvalue weighted by molar-refractivity contribution is 5.67. The van der Waals surface area contributed by atoms with Gasteiger partial charge in [0.2, 0.25) is 0 Å². The van der Waals surface area contributed by atoms with Crippen LogP contribution in [0, 0.1) is 0 Å². The number of esters is 1. The second kappa shape index (κ2) is 5.25. The molecule has 0 spiro atoms. The first-order valence-corrected chi connectivity index (χ1v) is 6.20. The van der Waals surface area contributed by atoms with Gasteiger partial charge in [0.15, 0.2) is 5.60 Å². The molecule has 0 atom stereocenters. The van der Waals surface area contributed by atoms with E-state index in [0.29, 0.717) is 0 Å². The van der Waals surface area contributed by atoms with Gasteiger partial charge in [-0.3, -0.25) is 4.79 Å². The molecule has 0 fully saturated rings. The Labute approximate surface area is 117 Å². The fourth-order valence-electron chi connectivity index (χ4n) is 2.13. The molecular weight excluding hydrogens is 256 g/mol. The van der Waals surface area contributed by atoms with Crippen LogP contribution < -0.4 is 0 Å². The first-order valence-electron chi connectivity index (χ1n) is 6.20. The first kappa shape index (κ1) is 13.9. The molecule has 0 amide bonds. The summed E-state index contributed by atoms with van der Waals surface area (Å²) < 4.78 is 5.49. The van der Waals surface area contributed by atoms with Crippen molar-refractivity contribution in [3.8, 4) is 11.5 Å². The van der Waals surface area contributed by atoms with E-state index in [1.807, 2.05) is 0 Å². The summed E-state index contributed by atoms with van der Waals surface area (Å²) in [5.74, 6) is -0.122. The van der Waals surface area contributed by atoms with E-state index in [1.54, 1.807) is 31.2 Å². The highest BCUT2D eigenvalue weighted by atomic mass is 16.6. The van der Waals surface area contributed by atoms with Gasteiger partial charge in [0.25, 0.3) is 0 Å². The lowest BCUT2D eigenvalue weighted by molar-refractivity contribution is -0.152. The topological polar surface area (TPSA) is 66.8 Å². The van der Waals surface area contributed by atoms with Crippen molar-refractivity contribution in [3.05, 3.63) is 59.7 Å².